The van der Waals surface area contributed by atoms with Gasteiger partial charge in [0, 0.05) is 46.9 Å². The molecule has 18 heteroatoms. The van der Waals surface area contributed by atoms with Gasteiger partial charge in [-0.3, -0.25) is 19.2 Å². The average molecular weight is 911 g/mol. The van der Waals surface area contributed by atoms with Gasteiger partial charge in [0.2, 0.25) is 24.1 Å². The number of ether oxygens (including phenoxy) is 5. The molecule has 0 saturated heterocycles. The first kappa shape index (κ1) is 52.4. The van der Waals surface area contributed by atoms with Crippen molar-refractivity contribution in [3.63, 3.8) is 0 Å². The molecule has 0 aromatic carbocycles. The molecule has 3 aromatic heterocycles. The third-order valence-corrected chi connectivity index (χ3v) is 12.2. The minimum Gasteiger partial charge on any atom is -0.469 e. The summed E-state index contributed by atoms with van der Waals surface area (Å²) in [6.07, 6.45) is 11.2. The highest BCUT2D eigenvalue weighted by molar-refractivity contribution is 5.92. The van der Waals surface area contributed by atoms with Crippen LogP contribution in [0.3, 0.4) is 0 Å². The number of carbonyl (C=O) groups is 4. The van der Waals surface area contributed by atoms with Crippen LogP contribution in [-0.4, -0.2) is 120 Å². The van der Waals surface area contributed by atoms with E-state index in [1.54, 1.807) is 53.5 Å². The summed E-state index contributed by atoms with van der Waals surface area (Å²) in [7, 11) is 7.48. The maximum Gasteiger partial charge on any atom is 0.309 e. The minimum atomic E-state index is -1.15. The first-order valence-corrected chi connectivity index (χ1v) is 21.9. The number of amides is 1. The summed E-state index contributed by atoms with van der Waals surface area (Å²) in [5, 5.41) is 22.3. The number of oxazole rings is 3. The number of carbonyl (C=O) groups excluding carboxylic acids is 4. The molecule has 0 radical (unpaired) electrons. The number of nitrogens with zero attached hydrogens (tertiary/aromatic N) is 4. The highest BCUT2D eigenvalue weighted by atomic mass is 16.6. The predicted molar refractivity (Wildman–Crippen MR) is 236 cm³/mol. The topological polar surface area (TPSA) is 236 Å². The second kappa shape index (κ2) is 25.4. The van der Waals surface area contributed by atoms with Crippen LogP contribution in [0.15, 0.2) is 62.5 Å². The molecule has 1 amide bonds. The number of ketones is 1. The van der Waals surface area contributed by atoms with E-state index >= 15 is 0 Å². The van der Waals surface area contributed by atoms with E-state index in [-0.39, 0.29) is 54.6 Å². The van der Waals surface area contributed by atoms with Crippen molar-refractivity contribution in [3.8, 4) is 23.2 Å². The van der Waals surface area contributed by atoms with Crippen molar-refractivity contribution < 1.29 is 66.3 Å². The third kappa shape index (κ3) is 14.6. The lowest BCUT2D eigenvalue weighted by Gasteiger charge is -2.34. The zero-order chi connectivity index (χ0) is 47.8. The molecule has 3 aromatic rings. The van der Waals surface area contributed by atoms with Crippen LogP contribution in [0.25, 0.3) is 29.2 Å². The van der Waals surface area contributed by atoms with Crippen LogP contribution < -0.4 is 0 Å². The first-order valence-electron chi connectivity index (χ1n) is 21.9. The van der Waals surface area contributed by atoms with Gasteiger partial charge in [0.25, 0.3) is 0 Å². The summed E-state index contributed by atoms with van der Waals surface area (Å²) in [4.78, 5) is 65.6. The van der Waals surface area contributed by atoms with Gasteiger partial charge in [0.1, 0.15) is 36.7 Å². The van der Waals surface area contributed by atoms with Crippen molar-refractivity contribution in [2.75, 3.05) is 35.5 Å². The lowest BCUT2D eigenvalue weighted by atomic mass is 9.78. The summed E-state index contributed by atoms with van der Waals surface area (Å²) in [6, 6.07) is 0. The van der Waals surface area contributed by atoms with Crippen molar-refractivity contribution in [2.45, 2.75) is 110 Å². The lowest BCUT2D eigenvalue weighted by Crippen LogP contribution is -2.39. The number of aromatic nitrogens is 3. The number of esters is 2. The number of fused-ring (bicyclic) bond motifs is 8. The van der Waals surface area contributed by atoms with Crippen LogP contribution in [0, 0.1) is 35.5 Å². The second-order valence-corrected chi connectivity index (χ2v) is 16.8. The van der Waals surface area contributed by atoms with Crippen LogP contribution in [0.4, 0.5) is 0 Å². The number of hydrogen-bond acceptors (Lipinski definition) is 17. The van der Waals surface area contributed by atoms with Gasteiger partial charge in [-0.25, -0.2) is 15.0 Å². The number of hydrogen-bond donors (Lipinski definition) is 2. The second-order valence-electron chi connectivity index (χ2n) is 16.8. The van der Waals surface area contributed by atoms with E-state index in [4.69, 9.17) is 36.9 Å². The first-order chi connectivity index (χ1) is 31.0. The summed E-state index contributed by atoms with van der Waals surface area (Å²) in [6.45, 7) is 9.20. The summed E-state index contributed by atoms with van der Waals surface area (Å²) in [5.74, 6) is -3.54. The molecule has 12 atom stereocenters. The average Bonchev–Trinajstić information content (AvgIpc) is 4.09. The lowest BCUT2D eigenvalue weighted by molar-refractivity contribution is -0.160. The zero-order valence-electron chi connectivity index (χ0n) is 39.0. The molecule has 2 N–H and O–H groups in total. The SMILES string of the molecule is COC(=O)C(C(C)/C=C/N(C)C=O)C(C)C(O)CCC(C)C(CC1OC(=O)CC(O)C/C=C/C(=O)C(C)C(OC)c2coc(n2)-c2coc(n2)-c2coc(n2)/C=C/CC(OC)C1C)OC. The standard InChI is InChI=1S/C47H66N4O14/c1-27(17-18-37(55)29(3)43(47(57)61-10)28(2)19-20-51(6)26-52)39(59-8)22-40-31(5)38(58-7)15-12-16-41-48-34(24-62-41)45-50-35(25-64-45)46-49-33(23-63-46)44(60-9)30(4)36(54)14-11-13-32(53)21-42(56)65-40/h11-12,14,16,19-20,23-32,37-40,43-44,53,55H,13,15,17-18,21-22H2,1-10H3/b14-11+,16-12+,20-19+. The van der Waals surface area contributed by atoms with Crippen LogP contribution in [0.2, 0.25) is 0 Å². The Balaban J connectivity index is 1.55. The van der Waals surface area contributed by atoms with Crippen LogP contribution in [0.1, 0.15) is 90.8 Å². The van der Waals surface area contributed by atoms with E-state index in [2.05, 4.69) is 15.0 Å². The van der Waals surface area contributed by atoms with E-state index in [1.807, 2.05) is 26.8 Å². The molecule has 18 nitrogen and oxygen atoms in total. The number of allylic oxidation sites excluding steroid dienone is 2. The van der Waals surface area contributed by atoms with E-state index in [9.17, 15) is 29.4 Å². The normalized spacial score (nSPS) is 25.2. The van der Waals surface area contributed by atoms with E-state index in [1.165, 1.54) is 50.1 Å². The Morgan fingerprint density at radius 1 is 0.923 bits per heavy atom. The Morgan fingerprint density at radius 3 is 2.28 bits per heavy atom. The fraction of sp³-hybridized carbons (Fsp3) is 0.596. The fourth-order valence-corrected chi connectivity index (χ4v) is 8.02. The van der Waals surface area contributed by atoms with Crippen molar-refractivity contribution in [1.82, 2.24) is 19.9 Å². The number of methoxy groups -OCH3 is 4. The van der Waals surface area contributed by atoms with Gasteiger partial charge in [0.05, 0.1) is 49.8 Å². The van der Waals surface area contributed by atoms with Crippen LogP contribution in [-0.2, 0) is 42.9 Å². The molecule has 12 unspecified atom stereocenters. The van der Waals surface area contributed by atoms with Gasteiger partial charge in [-0.1, -0.05) is 52.8 Å². The Morgan fingerprint density at radius 2 is 1.60 bits per heavy atom. The molecule has 0 aliphatic carbocycles. The number of cyclic esters (lactones) is 1. The van der Waals surface area contributed by atoms with Crippen molar-refractivity contribution >= 4 is 30.2 Å². The summed E-state index contributed by atoms with van der Waals surface area (Å²) < 4.78 is 45.8. The number of aliphatic hydroxyl groups is 2. The van der Waals surface area contributed by atoms with Gasteiger partial charge in [-0.2, -0.15) is 0 Å². The predicted octanol–water partition coefficient (Wildman–Crippen LogP) is 6.40. The Kier molecular flexibility index (Phi) is 20.5. The fourth-order valence-electron chi connectivity index (χ4n) is 8.02. The molecule has 0 spiro atoms. The third-order valence-electron chi connectivity index (χ3n) is 12.2. The number of rotatable bonds is 16. The molecule has 358 valence electrons. The maximum absolute atomic E-state index is 13.5. The largest absolute Gasteiger partial charge is 0.469 e. The molecule has 4 rings (SSSR count). The van der Waals surface area contributed by atoms with Crippen LogP contribution >= 0.6 is 0 Å². The molecule has 1 aliphatic rings. The summed E-state index contributed by atoms with van der Waals surface area (Å²) in [5.41, 5.74) is 0.989. The monoisotopic (exact) mass is 910 g/mol. The molecule has 1 aliphatic heterocycles. The van der Waals surface area contributed by atoms with Gasteiger partial charge in [-0.05, 0) is 55.6 Å². The molecular formula is C47H66N4O14. The van der Waals surface area contributed by atoms with Gasteiger partial charge in [0.15, 0.2) is 17.2 Å². The van der Waals surface area contributed by atoms with E-state index < -0.39 is 72.2 Å². The highest BCUT2D eigenvalue weighted by Crippen LogP contribution is 2.33. The Bertz CT molecular complexity index is 2060. The zero-order valence-corrected chi connectivity index (χ0v) is 39.0. The maximum atomic E-state index is 13.5. The molecular weight excluding hydrogens is 845 g/mol. The molecule has 65 heavy (non-hydrogen) atoms. The van der Waals surface area contributed by atoms with Gasteiger partial charge < -0.3 is 52.0 Å². The van der Waals surface area contributed by atoms with E-state index in [0.717, 1.165) is 0 Å². The van der Waals surface area contributed by atoms with E-state index in [0.29, 0.717) is 42.8 Å². The quantitative estimate of drug-likeness (QED) is 0.117. The Hall–Kier alpha value is -5.27. The summed E-state index contributed by atoms with van der Waals surface area (Å²) >= 11 is 0. The molecule has 0 saturated carbocycles. The van der Waals surface area contributed by atoms with Crippen molar-refractivity contribution in [2.24, 2.45) is 35.5 Å². The minimum absolute atomic E-state index is 0.00207. The molecule has 6 bridgehead atoms. The number of aliphatic hydroxyl groups excluding tert-OH is 2. The van der Waals surface area contributed by atoms with Crippen molar-refractivity contribution in [3.05, 3.63) is 60.9 Å². The molecule has 0 fully saturated rings. The van der Waals surface area contributed by atoms with Gasteiger partial charge >= 0.3 is 11.9 Å². The Labute approximate surface area is 380 Å². The smallest absolute Gasteiger partial charge is 0.309 e. The van der Waals surface area contributed by atoms with Crippen molar-refractivity contribution in [1.29, 1.82) is 0 Å². The molecule has 4 heterocycles. The van der Waals surface area contributed by atoms with Crippen LogP contribution in [0.5, 0.6) is 0 Å². The highest BCUT2D eigenvalue weighted by Gasteiger charge is 2.37. The van der Waals surface area contributed by atoms with Gasteiger partial charge in [-0.15, -0.1) is 0 Å².